The molecule has 0 rings (SSSR count). The lowest BCUT2D eigenvalue weighted by atomic mass is 10.5. The first-order chi connectivity index (χ1) is 5.33. The number of carbonyl (C=O) groups is 1. The number of hydrogen-bond donors (Lipinski definition) is 0. The molecule has 0 spiro atoms. The van der Waals surface area contributed by atoms with Crippen LogP contribution >= 0.6 is 0 Å². The van der Waals surface area contributed by atoms with Gasteiger partial charge in [0.05, 0.1) is 0 Å². The maximum atomic E-state index is 10.7. The molecule has 0 aliphatic carbocycles. The second kappa shape index (κ2) is 6.69. The Morgan fingerprint density at radius 2 is 1.83 bits per heavy atom. The molecular weight excluding hydrogens is 173 g/mol. The molecule has 0 amide bonds. The Balaban J connectivity index is 0. The van der Waals surface area contributed by atoms with Crippen molar-refractivity contribution in [3.63, 3.8) is 0 Å². The van der Waals surface area contributed by atoms with Gasteiger partial charge in [-0.1, -0.05) is 6.08 Å². The molecule has 0 bridgehead atoms. The van der Waals surface area contributed by atoms with Crippen LogP contribution in [0, 0.1) is 6.92 Å². The van der Waals surface area contributed by atoms with Crippen LogP contribution in [0.25, 0.3) is 0 Å². The molecule has 12 heavy (non-hydrogen) atoms. The highest BCUT2D eigenvalue weighted by Gasteiger charge is 2.22. The van der Waals surface area contributed by atoms with Crippen LogP contribution in [0.2, 0.25) is 0 Å². The van der Waals surface area contributed by atoms with Gasteiger partial charge in [-0.25, -0.2) is 9.90 Å². The summed E-state index contributed by atoms with van der Waals surface area (Å²) in [5.41, 5.74) is 0. The summed E-state index contributed by atoms with van der Waals surface area (Å²) in [6.07, 6.45) is -2.66. The third-order valence-corrected chi connectivity index (χ3v) is 0.586. The van der Waals surface area contributed by atoms with Gasteiger partial charge in [-0.15, -0.1) is 0 Å². The van der Waals surface area contributed by atoms with Crippen LogP contribution in [-0.2, 0) is 9.90 Å². The molecule has 0 N–H and O–H groups in total. The number of rotatable bonds is 1. The smallest absolute Gasteiger partial charge is 0.242 e. The highest BCUT2D eigenvalue weighted by atomic mass is 19.4. The predicted octanol–water partition coefficient (Wildman–Crippen LogP) is 2.29. The van der Waals surface area contributed by atoms with E-state index in [1.54, 1.807) is 6.92 Å². The van der Waals surface area contributed by atoms with Gasteiger partial charge in [0.25, 0.3) is 0 Å². The van der Waals surface area contributed by atoms with E-state index < -0.39 is 18.6 Å². The Hall–Kier alpha value is -1.00. The third-order valence-electron chi connectivity index (χ3n) is 0.586. The summed E-state index contributed by atoms with van der Waals surface area (Å²) in [5.74, 6) is -1.14. The quantitative estimate of drug-likeness (QED) is 0.573. The molecule has 0 unspecified atom stereocenters. The minimum absolute atomic E-state index is 0.972. The first-order valence-electron chi connectivity index (χ1n) is 3.03. The van der Waals surface area contributed by atoms with Gasteiger partial charge in [0, 0.05) is 12.5 Å². The van der Waals surface area contributed by atoms with Gasteiger partial charge in [-0.2, -0.15) is 13.2 Å². The molecule has 0 aliphatic rings. The molecule has 0 saturated heterocycles. The van der Waals surface area contributed by atoms with E-state index in [2.05, 4.69) is 6.92 Å². The number of allylic oxidation sites excluding steroid dienone is 1. The van der Waals surface area contributed by atoms with E-state index in [1.807, 2.05) is 0 Å². The Morgan fingerprint density at radius 1 is 1.50 bits per heavy atom. The van der Waals surface area contributed by atoms with Gasteiger partial charge in [-0.3, -0.25) is 0 Å². The number of alkyl halides is 3. The van der Waals surface area contributed by atoms with E-state index in [0.717, 1.165) is 6.08 Å². The van der Waals surface area contributed by atoms with Crippen molar-refractivity contribution in [2.45, 2.75) is 19.5 Å². The van der Waals surface area contributed by atoms with Crippen molar-refractivity contribution in [2.75, 3.05) is 0 Å². The molecule has 0 saturated carbocycles. The molecular formula is C7H9F3O2. The highest BCUT2D eigenvalue weighted by molar-refractivity contribution is 5.79. The Morgan fingerprint density at radius 3 is 1.83 bits per heavy atom. The van der Waals surface area contributed by atoms with E-state index >= 15 is 0 Å². The Bertz CT molecular complexity index is 149. The minimum atomic E-state index is -4.07. The molecule has 0 atom stereocenters. The lowest BCUT2D eigenvalue weighted by Crippen LogP contribution is -2.02. The van der Waals surface area contributed by atoms with Crippen molar-refractivity contribution in [3.8, 4) is 0 Å². The molecule has 70 valence electrons. The van der Waals surface area contributed by atoms with E-state index in [4.69, 9.17) is 0 Å². The fraction of sp³-hybridized carbons (Fsp3) is 0.429. The molecule has 0 aromatic heterocycles. The largest absolute Gasteiger partial charge is 0.389 e. The Kier molecular flexibility index (Phi) is 7.58. The third kappa shape index (κ3) is 23.0. The second-order valence-corrected chi connectivity index (χ2v) is 1.68. The van der Waals surface area contributed by atoms with Crippen LogP contribution in [0.4, 0.5) is 13.2 Å². The maximum absolute atomic E-state index is 10.7. The molecule has 0 aromatic carbocycles. The van der Waals surface area contributed by atoms with Gasteiger partial charge >= 0.3 is 12.1 Å². The van der Waals surface area contributed by atoms with Crippen LogP contribution in [-0.4, -0.2) is 12.1 Å². The molecule has 2 nitrogen and oxygen atoms in total. The summed E-state index contributed by atoms with van der Waals surface area (Å²) < 4.78 is 32.2. The fourth-order valence-electron chi connectivity index (χ4n) is 0.136. The topological polar surface area (TPSA) is 37.0 Å². The standard InChI is InChI=1S/C4H5O2.C3H4F3/c1-2-3-4(5)6;1-2-3(4,5)6/h2-3H,1H3;1-2H2. The lowest BCUT2D eigenvalue weighted by molar-refractivity contribution is -0.137. The van der Waals surface area contributed by atoms with Gasteiger partial charge in [0.2, 0.25) is 0 Å². The zero-order chi connectivity index (χ0) is 10.2. The van der Waals surface area contributed by atoms with Crippen molar-refractivity contribution in [2.24, 2.45) is 0 Å². The normalized spacial score (nSPS) is 10.8. The summed E-state index contributed by atoms with van der Waals surface area (Å²) in [4.78, 5) is 9.40. The summed E-state index contributed by atoms with van der Waals surface area (Å²) in [7, 11) is 0. The van der Waals surface area contributed by atoms with Crippen molar-refractivity contribution in [1.82, 2.24) is 0 Å². The average Bonchev–Trinajstić information content (AvgIpc) is 1.87. The minimum Gasteiger partial charge on any atom is -0.242 e. The molecule has 0 heterocycles. The van der Waals surface area contributed by atoms with Crippen molar-refractivity contribution < 1.29 is 23.1 Å². The second-order valence-electron chi connectivity index (χ2n) is 1.68. The number of carbonyl (C=O) groups excluding carboxylic acids is 1. The highest BCUT2D eigenvalue weighted by Crippen LogP contribution is 2.17. The Labute approximate surface area is 68.7 Å². The molecule has 0 aliphatic heterocycles. The molecule has 0 aromatic rings. The van der Waals surface area contributed by atoms with Crippen LogP contribution in [0.15, 0.2) is 12.2 Å². The number of halogens is 3. The van der Waals surface area contributed by atoms with Gasteiger partial charge in [0.15, 0.2) is 0 Å². The van der Waals surface area contributed by atoms with Crippen molar-refractivity contribution in [1.29, 1.82) is 0 Å². The van der Waals surface area contributed by atoms with Crippen LogP contribution in [0.1, 0.15) is 13.3 Å². The van der Waals surface area contributed by atoms with E-state index in [0.29, 0.717) is 0 Å². The summed E-state index contributed by atoms with van der Waals surface area (Å²) in [6.45, 7) is 4.25. The first kappa shape index (κ1) is 13.6. The van der Waals surface area contributed by atoms with Gasteiger partial charge < -0.3 is 0 Å². The van der Waals surface area contributed by atoms with E-state index in [9.17, 15) is 23.1 Å². The average molecular weight is 182 g/mol. The van der Waals surface area contributed by atoms with Crippen LogP contribution < -0.4 is 0 Å². The lowest BCUT2D eigenvalue weighted by Gasteiger charge is -1.96. The van der Waals surface area contributed by atoms with E-state index in [-0.39, 0.29) is 0 Å². The van der Waals surface area contributed by atoms with Crippen molar-refractivity contribution >= 4 is 5.97 Å². The fourth-order valence-corrected chi connectivity index (χ4v) is 0.136. The maximum Gasteiger partial charge on any atom is 0.389 e. The zero-order valence-corrected chi connectivity index (χ0v) is 6.52. The summed E-state index contributed by atoms with van der Waals surface area (Å²) >= 11 is 0. The summed E-state index contributed by atoms with van der Waals surface area (Å²) in [5, 5.41) is 9.40. The number of hydrogen-bond acceptors (Lipinski definition) is 1. The predicted molar refractivity (Wildman–Crippen MR) is 36.5 cm³/mol. The first-order valence-corrected chi connectivity index (χ1v) is 3.03. The SMILES string of the molecule is CC=CC([O])=O.[CH2]CC(F)(F)F. The zero-order valence-electron chi connectivity index (χ0n) is 6.52. The van der Waals surface area contributed by atoms with Crippen LogP contribution in [0.3, 0.4) is 0 Å². The van der Waals surface area contributed by atoms with Crippen LogP contribution in [0.5, 0.6) is 0 Å². The van der Waals surface area contributed by atoms with Crippen molar-refractivity contribution in [3.05, 3.63) is 19.1 Å². The van der Waals surface area contributed by atoms with Gasteiger partial charge in [-0.05, 0) is 13.8 Å². The molecule has 2 radical (unpaired) electrons. The molecule has 5 heteroatoms. The van der Waals surface area contributed by atoms with Gasteiger partial charge in [0.1, 0.15) is 0 Å². The summed E-state index contributed by atoms with van der Waals surface area (Å²) in [6, 6.07) is 0. The van der Waals surface area contributed by atoms with E-state index in [1.165, 1.54) is 6.08 Å². The monoisotopic (exact) mass is 182 g/mol. The molecule has 0 fully saturated rings.